The van der Waals surface area contributed by atoms with E-state index in [0.717, 1.165) is 6.42 Å². The van der Waals surface area contributed by atoms with Crippen LogP contribution in [0.2, 0.25) is 0 Å². The van der Waals surface area contributed by atoms with Crippen molar-refractivity contribution in [2.24, 2.45) is 0 Å². The SMILES string of the molecule is Cc1cc(F)ccc1C(=O)NCCC(C)c1ccccc1. The molecule has 3 heteroatoms. The predicted molar refractivity (Wildman–Crippen MR) is 82.9 cm³/mol. The first-order chi connectivity index (χ1) is 10.1. The Bertz CT molecular complexity index is 610. The molecule has 0 heterocycles. The molecule has 110 valence electrons. The minimum absolute atomic E-state index is 0.146. The lowest BCUT2D eigenvalue weighted by molar-refractivity contribution is 0.0952. The maximum atomic E-state index is 13.0. The highest BCUT2D eigenvalue weighted by atomic mass is 19.1. The minimum Gasteiger partial charge on any atom is -0.352 e. The molecular formula is C18H20FNO. The van der Waals surface area contributed by atoms with Gasteiger partial charge in [-0.3, -0.25) is 4.79 Å². The number of rotatable bonds is 5. The van der Waals surface area contributed by atoms with Crippen molar-refractivity contribution in [1.82, 2.24) is 5.32 Å². The maximum absolute atomic E-state index is 13.0. The van der Waals surface area contributed by atoms with Crippen molar-refractivity contribution >= 4 is 5.91 Å². The lowest BCUT2D eigenvalue weighted by atomic mass is 9.98. The van der Waals surface area contributed by atoms with Gasteiger partial charge in [0.2, 0.25) is 0 Å². The Morgan fingerprint density at radius 1 is 1.19 bits per heavy atom. The Balaban J connectivity index is 1.87. The van der Waals surface area contributed by atoms with Gasteiger partial charge in [-0.05, 0) is 48.6 Å². The smallest absolute Gasteiger partial charge is 0.251 e. The van der Waals surface area contributed by atoms with Crippen LogP contribution in [0, 0.1) is 12.7 Å². The molecule has 0 saturated heterocycles. The van der Waals surface area contributed by atoms with Crippen LogP contribution in [-0.4, -0.2) is 12.5 Å². The van der Waals surface area contributed by atoms with Crippen molar-refractivity contribution in [3.8, 4) is 0 Å². The molecule has 1 atom stereocenters. The van der Waals surface area contributed by atoms with E-state index >= 15 is 0 Å². The van der Waals surface area contributed by atoms with E-state index in [0.29, 0.717) is 23.6 Å². The second-order valence-electron chi connectivity index (χ2n) is 5.32. The van der Waals surface area contributed by atoms with Crippen molar-refractivity contribution in [2.75, 3.05) is 6.54 Å². The van der Waals surface area contributed by atoms with Gasteiger partial charge in [-0.1, -0.05) is 37.3 Å². The monoisotopic (exact) mass is 285 g/mol. The van der Waals surface area contributed by atoms with Crippen LogP contribution in [0.1, 0.15) is 40.7 Å². The van der Waals surface area contributed by atoms with E-state index < -0.39 is 0 Å². The fourth-order valence-electron chi connectivity index (χ4n) is 2.33. The van der Waals surface area contributed by atoms with Gasteiger partial charge in [0.25, 0.3) is 5.91 Å². The van der Waals surface area contributed by atoms with E-state index in [1.54, 1.807) is 6.92 Å². The van der Waals surface area contributed by atoms with Gasteiger partial charge < -0.3 is 5.32 Å². The van der Waals surface area contributed by atoms with Crippen molar-refractivity contribution in [1.29, 1.82) is 0 Å². The van der Waals surface area contributed by atoms with Crippen LogP contribution < -0.4 is 5.32 Å². The molecule has 2 aromatic carbocycles. The van der Waals surface area contributed by atoms with Gasteiger partial charge in [0.15, 0.2) is 0 Å². The Kier molecular flexibility index (Phi) is 5.09. The van der Waals surface area contributed by atoms with Crippen LogP contribution in [0.25, 0.3) is 0 Å². The first kappa shape index (κ1) is 15.2. The number of carbonyl (C=O) groups excluding carboxylic acids is 1. The number of aryl methyl sites for hydroxylation is 1. The Hall–Kier alpha value is -2.16. The Labute approximate surface area is 125 Å². The third kappa shape index (κ3) is 4.15. The predicted octanol–water partition coefficient (Wildman–Crippen LogP) is 4.06. The van der Waals surface area contributed by atoms with Crippen molar-refractivity contribution in [3.05, 3.63) is 71.0 Å². The number of carbonyl (C=O) groups is 1. The maximum Gasteiger partial charge on any atom is 0.251 e. The Morgan fingerprint density at radius 2 is 1.90 bits per heavy atom. The summed E-state index contributed by atoms with van der Waals surface area (Å²) in [6.45, 7) is 4.49. The molecule has 0 bridgehead atoms. The zero-order chi connectivity index (χ0) is 15.2. The second kappa shape index (κ2) is 7.02. The molecule has 0 saturated carbocycles. The van der Waals surface area contributed by atoms with Gasteiger partial charge in [-0.15, -0.1) is 0 Å². The standard InChI is InChI=1S/C18H20FNO/c1-13(15-6-4-3-5-7-15)10-11-20-18(21)17-9-8-16(19)12-14(17)2/h3-9,12-13H,10-11H2,1-2H3,(H,20,21). The fourth-order valence-corrected chi connectivity index (χ4v) is 2.33. The molecule has 2 rings (SSSR count). The molecule has 0 aliphatic heterocycles. The van der Waals surface area contributed by atoms with E-state index in [9.17, 15) is 9.18 Å². The molecule has 0 spiro atoms. The lowest BCUT2D eigenvalue weighted by Gasteiger charge is -2.13. The molecule has 1 unspecified atom stereocenters. The minimum atomic E-state index is -0.318. The van der Waals surface area contributed by atoms with Crippen LogP contribution in [-0.2, 0) is 0 Å². The molecular weight excluding hydrogens is 265 g/mol. The molecule has 0 aromatic heterocycles. The van der Waals surface area contributed by atoms with E-state index in [4.69, 9.17) is 0 Å². The lowest BCUT2D eigenvalue weighted by Crippen LogP contribution is -2.26. The highest BCUT2D eigenvalue weighted by molar-refractivity contribution is 5.95. The van der Waals surface area contributed by atoms with E-state index in [2.05, 4.69) is 24.4 Å². The topological polar surface area (TPSA) is 29.1 Å². The highest BCUT2D eigenvalue weighted by Crippen LogP contribution is 2.17. The van der Waals surface area contributed by atoms with Crippen molar-refractivity contribution in [2.45, 2.75) is 26.2 Å². The summed E-state index contributed by atoms with van der Waals surface area (Å²) < 4.78 is 13.0. The third-order valence-corrected chi connectivity index (χ3v) is 3.66. The first-order valence-corrected chi connectivity index (χ1v) is 7.17. The van der Waals surface area contributed by atoms with E-state index in [-0.39, 0.29) is 11.7 Å². The first-order valence-electron chi connectivity index (χ1n) is 7.17. The molecule has 2 nitrogen and oxygen atoms in total. The molecule has 0 radical (unpaired) electrons. The average Bonchev–Trinajstić information content (AvgIpc) is 2.47. The van der Waals surface area contributed by atoms with Gasteiger partial charge in [-0.25, -0.2) is 4.39 Å². The summed E-state index contributed by atoms with van der Waals surface area (Å²) in [5.41, 5.74) is 2.46. The summed E-state index contributed by atoms with van der Waals surface area (Å²) >= 11 is 0. The van der Waals surface area contributed by atoms with Gasteiger partial charge in [0, 0.05) is 12.1 Å². The highest BCUT2D eigenvalue weighted by Gasteiger charge is 2.10. The van der Waals surface area contributed by atoms with Crippen LogP contribution >= 0.6 is 0 Å². The Morgan fingerprint density at radius 3 is 2.57 bits per heavy atom. The zero-order valence-corrected chi connectivity index (χ0v) is 12.4. The molecule has 2 aromatic rings. The van der Waals surface area contributed by atoms with Gasteiger partial charge in [0.1, 0.15) is 5.82 Å². The summed E-state index contributed by atoms with van der Waals surface area (Å²) in [5, 5.41) is 2.90. The third-order valence-electron chi connectivity index (χ3n) is 3.66. The number of halogens is 1. The van der Waals surface area contributed by atoms with E-state index in [1.165, 1.54) is 23.8 Å². The summed E-state index contributed by atoms with van der Waals surface area (Å²) in [6, 6.07) is 14.4. The van der Waals surface area contributed by atoms with Crippen LogP contribution in [0.3, 0.4) is 0 Å². The normalized spacial score (nSPS) is 12.0. The summed E-state index contributed by atoms with van der Waals surface area (Å²) in [4.78, 5) is 12.1. The summed E-state index contributed by atoms with van der Waals surface area (Å²) in [6.07, 6.45) is 0.871. The van der Waals surface area contributed by atoms with Gasteiger partial charge in [0.05, 0.1) is 0 Å². The van der Waals surface area contributed by atoms with Gasteiger partial charge >= 0.3 is 0 Å². The molecule has 0 aliphatic carbocycles. The molecule has 0 aliphatic rings. The largest absolute Gasteiger partial charge is 0.352 e. The van der Waals surface area contributed by atoms with E-state index in [1.807, 2.05) is 18.2 Å². The second-order valence-corrected chi connectivity index (χ2v) is 5.32. The fraction of sp³-hybridized carbons (Fsp3) is 0.278. The van der Waals surface area contributed by atoms with Gasteiger partial charge in [-0.2, -0.15) is 0 Å². The van der Waals surface area contributed by atoms with Crippen molar-refractivity contribution in [3.63, 3.8) is 0 Å². The van der Waals surface area contributed by atoms with Crippen LogP contribution in [0.15, 0.2) is 48.5 Å². The molecule has 21 heavy (non-hydrogen) atoms. The molecule has 0 fully saturated rings. The summed E-state index contributed by atoms with van der Waals surface area (Å²) in [5.74, 6) is -0.0738. The average molecular weight is 285 g/mol. The summed E-state index contributed by atoms with van der Waals surface area (Å²) in [7, 11) is 0. The number of nitrogens with one attached hydrogen (secondary N) is 1. The number of benzene rings is 2. The quantitative estimate of drug-likeness (QED) is 0.882. The van der Waals surface area contributed by atoms with Crippen molar-refractivity contribution < 1.29 is 9.18 Å². The zero-order valence-electron chi connectivity index (χ0n) is 12.4. The molecule has 1 amide bonds. The number of amides is 1. The van der Waals surface area contributed by atoms with Crippen LogP contribution in [0.4, 0.5) is 4.39 Å². The molecule has 1 N–H and O–H groups in total. The van der Waals surface area contributed by atoms with Crippen LogP contribution in [0.5, 0.6) is 0 Å². The number of hydrogen-bond donors (Lipinski definition) is 1. The number of hydrogen-bond acceptors (Lipinski definition) is 1.